The van der Waals surface area contributed by atoms with Gasteiger partial charge in [-0.15, -0.1) is 11.3 Å². The number of hydrogen-bond acceptors (Lipinski definition) is 8. The van der Waals surface area contributed by atoms with E-state index in [1.54, 1.807) is 24.4 Å². The van der Waals surface area contributed by atoms with E-state index in [4.69, 9.17) is 4.98 Å². The van der Waals surface area contributed by atoms with Gasteiger partial charge in [-0.3, -0.25) is 29.6 Å². The third kappa shape index (κ3) is 4.62. The van der Waals surface area contributed by atoms with E-state index in [9.17, 15) is 9.59 Å². The summed E-state index contributed by atoms with van der Waals surface area (Å²) in [7, 11) is 0. The first-order valence-electron chi connectivity index (χ1n) is 12.5. The number of rotatable bonds is 7. The number of pyridine rings is 3. The van der Waals surface area contributed by atoms with Crippen LogP contribution in [0.5, 0.6) is 0 Å². The number of halogens is 1. The number of amides is 1. The molecule has 0 aliphatic heterocycles. The monoisotopic (exact) mass is 554 g/mol. The second kappa shape index (κ2) is 10.0. The van der Waals surface area contributed by atoms with Crippen molar-refractivity contribution in [1.29, 1.82) is 0 Å². The van der Waals surface area contributed by atoms with Crippen LogP contribution in [0, 0.1) is 11.7 Å². The van der Waals surface area contributed by atoms with Gasteiger partial charge in [-0.1, -0.05) is 13.8 Å². The van der Waals surface area contributed by atoms with Gasteiger partial charge >= 0.3 is 0 Å². The molecule has 0 saturated carbocycles. The topological polar surface area (TPSA) is 142 Å². The molecule has 1 amide bonds. The van der Waals surface area contributed by atoms with Crippen molar-refractivity contribution in [2.24, 2.45) is 5.92 Å². The molecule has 0 saturated heterocycles. The van der Waals surface area contributed by atoms with Crippen molar-refractivity contribution in [3.8, 4) is 33.3 Å². The number of aromatic nitrogens is 7. The van der Waals surface area contributed by atoms with E-state index >= 15 is 4.39 Å². The van der Waals surface area contributed by atoms with Gasteiger partial charge in [0.1, 0.15) is 22.6 Å². The number of carbonyl (C=O) groups is 2. The van der Waals surface area contributed by atoms with Crippen LogP contribution in [-0.4, -0.2) is 46.8 Å². The van der Waals surface area contributed by atoms with Gasteiger partial charge in [-0.2, -0.15) is 5.10 Å². The quantitative estimate of drug-likeness (QED) is 0.205. The maximum atomic E-state index is 16.1. The highest BCUT2D eigenvalue weighted by molar-refractivity contribution is 7.17. The third-order valence-corrected chi connectivity index (χ3v) is 7.44. The third-order valence-electron chi connectivity index (χ3n) is 6.25. The summed E-state index contributed by atoms with van der Waals surface area (Å²) < 4.78 is 16.1. The van der Waals surface area contributed by atoms with Crippen LogP contribution in [0.3, 0.4) is 0 Å². The van der Waals surface area contributed by atoms with Crippen molar-refractivity contribution in [1.82, 2.24) is 35.1 Å². The fourth-order valence-electron chi connectivity index (χ4n) is 4.45. The summed E-state index contributed by atoms with van der Waals surface area (Å²) in [5, 5.41) is 10.2. The van der Waals surface area contributed by atoms with E-state index in [2.05, 4.69) is 35.5 Å². The predicted octanol–water partition coefficient (Wildman–Crippen LogP) is 6.01. The first kappa shape index (κ1) is 25.4. The fourth-order valence-corrected chi connectivity index (χ4v) is 5.35. The predicted molar refractivity (Wildman–Crippen MR) is 151 cm³/mol. The SMILES string of the molecule is CC(=O)c1ccc(-c2nccc3[nH]c(-c4n[nH]c5cnc(-c6cncc(NC(=O)CC(C)C)c6)c(F)c45)nc23)s1. The standard InChI is InChI=1S/C28H23FN8O2S/c1-13(2)8-21(39)33-16-9-15(10-30-11-16)24-23(29)22-18(12-32-24)36-37-27(22)28-34-17-6-7-31-26(25(17)35-28)20-5-4-19(40-20)14(3)38/h4-7,9-13H,8H2,1-3H3,(H,33,39)(H,34,35)(H,36,37). The van der Waals surface area contributed by atoms with E-state index in [0.717, 1.165) is 4.88 Å². The van der Waals surface area contributed by atoms with Crippen molar-refractivity contribution in [2.45, 2.75) is 27.2 Å². The van der Waals surface area contributed by atoms with Crippen LogP contribution in [0.4, 0.5) is 10.1 Å². The highest BCUT2D eigenvalue weighted by Crippen LogP contribution is 2.35. The van der Waals surface area contributed by atoms with Gasteiger partial charge in [0, 0.05) is 24.4 Å². The number of fused-ring (bicyclic) bond motifs is 2. The lowest BCUT2D eigenvalue weighted by molar-refractivity contribution is -0.116. The second-order valence-electron chi connectivity index (χ2n) is 9.75. The van der Waals surface area contributed by atoms with Crippen LogP contribution in [0.2, 0.25) is 0 Å². The summed E-state index contributed by atoms with van der Waals surface area (Å²) in [6, 6.07) is 7.02. The van der Waals surface area contributed by atoms with E-state index in [1.165, 1.54) is 36.9 Å². The maximum Gasteiger partial charge on any atom is 0.224 e. The number of nitrogens with zero attached hydrogens (tertiary/aromatic N) is 5. The van der Waals surface area contributed by atoms with Gasteiger partial charge in [-0.25, -0.2) is 9.37 Å². The van der Waals surface area contributed by atoms with Gasteiger partial charge in [0.25, 0.3) is 0 Å². The molecule has 0 bridgehead atoms. The first-order valence-corrected chi connectivity index (χ1v) is 13.3. The summed E-state index contributed by atoms with van der Waals surface area (Å²) in [5.74, 6) is -0.216. The summed E-state index contributed by atoms with van der Waals surface area (Å²) in [6.07, 6.45) is 6.51. The molecule has 3 N–H and O–H groups in total. The van der Waals surface area contributed by atoms with Crippen molar-refractivity contribution >= 4 is 50.7 Å². The number of anilines is 1. The van der Waals surface area contributed by atoms with E-state index in [1.807, 2.05) is 19.9 Å². The number of hydrogen-bond donors (Lipinski definition) is 3. The number of carbonyl (C=O) groups excluding carboxylic acids is 2. The minimum absolute atomic E-state index is 0.0206. The fraction of sp³-hybridized carbons (Fsp3) is 0.179. The zero-order chi connectivity index (χ0) is 28.0. The Balaban J connectivity index is 1.41. The Bertz CT molecular complexity index is 1920. The average Bonchev–Trinajstić information content (AvgIpc) is 3.66. The van der Waals surface area contributed by atoms with Crippen LogP contribution in [0.15, 0.2) is 49.1 Å². The van der Waals surface area contributed by atoms with Crippen molar-refractivity contribution in [3.05, 3.63) is 59.7 Å². The molecule has 6 rings (SSSR count). The molecular weight excluding hydrogens is 531 g/mol. The van der Waals surface area contributed by atoms with Gasteiger partial charge in [0.2, 0.25) is 5.91 Å². The first-order chi connectivity index (χ1) is 19.3. The number of Topliss-reactive ketones (excluding diaryl/α,β-unsaturated/α-hetero) is 1. The smallest absolute Gasteiger partial charge is 0.224 e. The summed E-state index contributed by atoms with van der Waals surface area (Å²) in [4.78, 5) is 46.4. The number of nitrogens with one attached hydrogen (secondary N) is 3. The Morgan fingerprint density at radius 3 is 2.67 bits per heavy atom. The number of aromatic amines is 2. The molecule has 6 aromatic heterocycles. The molecule has 0 radical (unpaired) electrons. The number of H-pyrrole nitrogens is 2. The van der Waals surface area contributed by atoms with Gasteiger partial charge < -0.3 is 10.3 Å². The molecular formula is C28H23FN8O2S. The van der Waals surface area contributed by atoms with Crippen molar-refractivity contribution in [2.75, 3.05) is 5.32 Å². The average molecular weight is 555 g/mol. The van der Waals surface area contributed by atoms with Crippen LogP contribution in [0.25, 0.3) is 55.3 Å². The molecule has 0 atom stereocenters. The molecule has 0 unspecified atom stereocenters. The Kier molecular flexibility index (Phi) is 6.39. The van der Waals surface area contributed by atoms with E-state index < -0.39 is 5.82 Å². The molecule has 6 heterocycles. The molecule has 40 heavy (non-hydrogen) atoms. The second-order valence-corrected chi connectivity index (χ2v) is 10.8. The summed E-state index contributed by atoms with van der Waals surface area (Å²) in [5.41, 5.74) is 3.49. The number of thiophene rings is 1. The van der Waals surface area contributed by atoms with Crippen LogP contribution in [-0.2, 0) is 4.79 Å². The zero-order valence-corrected chi connectivity index (χ0v) is 22.6. The molecule has 200 valence electrons. The Morgan fingerprint density at radius 2 is 1.90 bits per heavy atom. The lowest BCUT2D eigenvalue weighted by Crippen LogP contribution is -2.14. The Morgan fingerprint density at radius 1 is 1.05 bits per heavy atom. The van der Waals surface area contributed by atoms with Crippen LogP contribution in [0.1, 0.15) is 36.9 Å². The zero-order valence-electron chi connectivity index (χ0n) is 21.7. The molecule has 0 spiro atoms. The number of imidazole rings is 1. The maximum absolute atomic E-state index is 16.1. The lowest BCUT2D eigenvalue weighted by atomic mass is 10.1. The highest BCUT2D eigenvalue weighted by Gasteiger charge is 2.22. The largest absolute Gasteiger partial charge is 0.336 e. The Labute approximate surface area is 231 Å². The van der Waals surface area contributed by atoms with E-state index in [-0.39, 0.29) is 34.4 Å². The molecule has 0 aromatic carbocycles. The lowest BCUT2D eigenvalue weighted by Gasteiger charge is -2.09. The normalized spacial score (nSPS) is 11.5. The molecule has 0 aliphatic carbocycles. The molecule has 6 aromatic rings. The summed E-state index contributed by atoms with van der Waals surface area (Å²) in [6.45, 7) is 5.43. The minimum Gasteiger partial charge on any atom is -0.336 e. The van der Waals surface area contributed by atoms with Gasteiger partial charge in [0.15, 0.2) is 17.4 Å². The van der Waals surface area contributed by atoms with Crippen molar-refractivity contribution in [3.63, 3.8) is 0 Å². The molecule has 10 nitrogen and oxygen atoms in total. The molecule has 12 heteroatoms. The van der Waals surface area contributed by atoms with Crippen LogP contribution >= 0.6 is 11.3 Å². The van der Waals surface area contributed by atoms with Crippen LogP contribution < -0.4 is 5.32 Å². The van der Waals surface area contributed by atoms with E-state index in [0.29, 0.717) is 50.6 Å². The summed E-state index contributed by atoms with van der Waals surface area (Å²) >= 11 is 1.34. The van der Waals surface area contributed by atoms with Crippen molar-refractivity contribution < 1.29 is 14.0 Å². The van der Waals surface area contributed by atoms with Gasteiger partial charge in [0.05, 0.1) is 44.3 Å². The van der Waals surface area contributed by atoms with Gasteiger partial charge in [-0.05, 0) is 37.1 Å². The number of ketones is 1. The molecule has 0 fully saturated rings. The molecule has 0 aliphatic rings. The Hall–Kier alpha value is -4.84. The minimum atomic E-state index is -0.600. The highest BCUT2D eigenvalue weighted by atomic mass is 32.1.